The summed E-state index contributed by atoms with van der Waals surface area (Å²) in [5.74, 6) is 0.746. The first-order valence-corrected chi connectivity index (χ1v) is 16.1. The number of carbonyl (C=O) groups is 1. The molecule has 0 bridgehead atoms. The van der Waals surface area contributed by atoms with Crippen molar-refractivity contribution in [2.24, 2.45) is 5.41 Å². The Morgan fingerprint density at radius 2 is 1.80 bits per heavy atom. The molecular weight excluding hydrogens is 568 g/mol. The van der Waals surface area contributed by atoms with Gasteiger partial charge in [0.1, 0.15) is 11.5 Å². The average molecular weight is 611 g/mol. The van der Waals surface area contributed by atoms with Crippen LogP contribution in [0.4, 0.5) is 11.5 Å². The molecule has 0 radical (unpaired) electrons. The number of ether oxygens (including phenoxy) is 1. The molecule has 11 nitrogen and oxygen atoms in total. The molecule has 1 amide bonds. The van der Waals surface area contributed by atoms with Gasteiger partial charge in [0, 0.05) is 67.5 Å². The average Bonchev–Trinajstić information content (AvgIpc) is 3.68. The number of piperazine rings is 1. The molecule has 2 aromatic heterocycles. The normalized spacial score (nSPS) is 17.6. The number of hydrogen-bond donors (Lipinski definition) is 2. The number of aromatic amines is 2. The molecule has 2 N–H and O–H groups in total. The topological polar surface area (TPSA) is 114 Å². The largest absolute Gasteiger partial charge is 0.463 e. The highest BCUT2D eigenvalue weighted by molar-refractivity contribution is 5.97. The summed E-state index contributed by atoms with van der Waals surface area (Å²) in [6, 6.07) is 13.6. The lowest BCUT2D eigenvalue weighted by molar-refractivity contribution is 0.0741. The monoisotopic (exact) mass is 610 g/mol. The maximum atomic E-state index is 13.0. The van der Waals surface area contributed by atoms with Crippen LogP contribution in [0, 0.1) is 5.41 Å². The Bertz CT molecular complexity index is 1760. The van der Waals surface area contributed by atoms with E-state index < -0.39 is 0 Å². The summed E-state index contributed by atoms with van der Waals surface area (Å²) in [7, 11) is 4.22. The molecule has 2 aromatic carbocycles. The molecule has 4 heterocycles. The number of carbonyl (C=O) groups excluding carboxylic acids is 1. The van der Waals surface area contributed by atoms with Crippen LogP contribution in [0.5, 0.6) is 6.01 Å². The second kappa shape index (κ2) is 11.8. The summed E-state index contributed by atoms with van der Waals surface area (Å²) in [5.41, 5.74) is 4.85. The van der Waals surface area contributed by atoms with Crippen molar-refractivity contribution in [2.45, 2.75) is 39.2 Å². The summed E-state index contributed by atoms with van der Waals surface area (Å²) in [5, 5.41) is 2.58. The minimum Gasteiger partial charge on any atom is -0.463 e. The molecule has 1 aliphatic carbocycles. The first-order valence-electron chi connectivity index (χ1n) is 16.1. The number of anilines is 2. The maximum absolute atomic E-state index is 13.0. The third kappa shape index (κ3) is 5.88. The summed E-state index contributed by atoms with van der Waals surface area (Å²) in [6.45, 7) is 7.71. The molecule has 0 spiro atoms. The molecule has 1 saturated carbocycles. The van der Waals surface area contributed by atoms with Gasteiger partial charge in [-0.15, -0.1) is 0 Å². The van der Waals surface area contributed by atoms with Crippen LogP contribution < -0.4 is 20.2 Å². The van der Waals surface area contributed by atoms with Crippen molar-refractivity contribution in [3.8, 4) is 6.01 Å². The van der Waals surface area contributed by atoms with Gasteiger partial charge in [-0.2, -0.15) is 9.97 Å². The minimum atomic E-state index is -0.376. The van der Waals surface area contributed by atoms with E-state index in [1.54, 1.807) is 4.90 Å². The first-order chi connectivity index (χ1) is 21.8. The highest BCUT2D eigenvalue weighted by Gasteiger charge is 2.44. The summed E-state index contributed by atoms with van der Waals surface area (Å²) < 4.78 is 6.40. The van der Waals surface area contributed by atoms with Gasteiger partial charge in [0.05, 0.1) is 18.8 Å². The van der Waals surface area contributed by atoms with Crippen LogP contribution in [0.3, 0.4) is 0 Å². The maximum Gasteiger partial charge on any atom is 0.323 e. The number of fused-ring (bicyclic) bond motifs is 2. The van der Waals surface area contributed by atoms with Crippen LogP contribution in [0.25, 0.3) is 10.8 Å². The fraction of sp³-hybridized carbons (Fsp3) is 0.471. The number of aryl methyl sites for hydroxylation is 1. The molecule has 45 heavy (non-hydrogen) atoms. The fourth-order valence-corrected chi connectivity index (χ4v) is 7.03. The lowest BCUT2D eigenvalue weighted by Crippen LogP contribution is -2.49. The number of amides is 1. The van der Waals surface area contributed by atoms with Crippen molar-refractivity contribution in [2.75, 3.05) is 69.8 Å². The van der Waals surface area contributed by atoms with Crippen molar-refractivity contribution in [1.82, 2.24) is 29.7 Å². The standard InChI is InChI=1S/C34H42N8O3/c1-4-23-7-5-8-24-9-6-10-28(29(23)24)42-14-11-25-27(20-42)37-33(45-22-34(12-13-34)21-39(2)3)38-30(25)40-15-17-41(18-16-40)31(43)26-19-35-32(44)36-26/h5-10,19H,4,11-18,20-22H2,1-3H3,(H2,35,36,44). The molecule has 4 aromatic rings. The number of H-pyrrole nitrogens is 2. The molecule has 3 aliphatic rings. The van der Waals surface area contributed by atoms with Gasteiger partial charge in [-0.25, -0.2) is 4.79 Å². The Balaban J connectivity index is 1.17. The highest BCUT2D eigenvalue weighted by atomic mass is 16.5. The third-order valence-electron chi connectivity index (χ3n) is 9.52. The van der Waals surface area contributed by atoms with E-state index >= 15 is 0 Å². The predicted octanol–water partition coefficient (Wildman–Crippen LogP) is 3.45. The highest BCUT2D eigenvalue weighted by Crippen LogP contribution is 2.46. The third-order valence-corrected chi connectivity index (χ3v) is 9.52. The van der Waals surface area contributed by atoms with Crippen LogP contribution in [0.2, 0.25) is 0 Å². The van der Waals surface area contributed by atoms with E-state index in [2.05, 4.69) is 82.1 Å². The molecule has 2 fully saturated rings. The quantitative estimate of drug-likeness (QED) is 0.296. The number of imidazole rings is 1. The zero-order chi connectivity index (χ0) is 31.1. The zero-order valence-corrected chi connectivity index (χ0v) is 26.4. The van der Waals surface area contributed by atoms with Gasteiger partial charge in [0.25, 0.3) is 5.91 Å². The Morgan fingerprint density at radius 1 is 1.02 bits per heavy atom. The van der Waals surface area contributed by atoms with Gasteiger partial charge >= 0.3 is 11.7 Å². The number of nitrogens with one attached hydrogen (secondary N) is 2. The Morgan fingerprint density at radius 3 is 2.49 bits per heavy atom. The molecule has 1 saturated heterocycles. The van der Waals surface area contributed by atoms with Gasteiger partial charge in [-0.3, -0.25) is 4.79 Å². The van der Waals surface area contributed by atoms with E-state index in [1.807, 2.05) is 0 Å². The van der Waals surface area contributed by atoms with E-state index in [0.717, 1.165) is 50.3 Å². The Hall–Kier alpha value is -4.38. The fourth-order valence-electron chi connectivity index (χ4n) is 7.03. The second-order valence-corrected chi connectivity index (χ2v) is 13.0. The minimum absolute atomic E-state index is 0.166. The number of hydrogen-bond acceptors (Lipinski definition) is 8. The molecule has 7 rings (SSSR count). The Labute approximate surface area is 263 Å². The van der Waals surface area contributed by atoms with Gasteiger partial charge in [-0.1, -0.05) is 37.3 Å². The van der Waals surface area contributed by atoms with Crippen molar-refractivity contribution in [3.63, 3.8) is 0 Å². The van der Waals surface area contributed by atoms with Gasteiger partial charge in [0.2, 0.25) is 0 Å². The van der Waals surface area contributed by atoms with Crippen LogP contribution >= 0.6 is 0 Å². The van der Waals surface area contributed by atoms with Gasteiger partial charge < -0.3 is 34.3 Å². The van der Waals surface area contributed by atoms with Crippen molar-refractivity contribution < 1.29 is 9.53 Å². The van der Waals surface area contributed by atoms with Crippen LogP contribution in [-0.4, -0.2) is 95.6 Å². The van der Waals surface area contributed by atoms with Crippen LogP contribution in [0.15, 0.2) is 47.4 Å². The van der Waals surface area contributed by atoms with E-state index in [0.29, 0.717) is 45.3 Å². The Kier molecular flexibility index (Phi) is 7.72. The lowest BCUT2D eigenvalue weighted by atomic mass is 9.98. The van der Waals surface area contributed by atoms with E-state index in [9.17, 15) is 9.59 Å². The molecule has 0 atom stereocenters. The number of aromatic nitrogens is 4. The van der Waals surface area contributed by atoms with Gasteiger partial charge in [0.15, 0.2) is 0 Å². The zero-order valence-electron chi connectivity index (χ0n) is 26.4. The molecular formula is C34H42N8O3. The van der Waals surface area contributed by atoms with Crippen molar-refractivity contribution >= 4 is 28.2 Å². The molecule has 0 unspecified atom stereocenters. The SMILES string of the molecule is CCc1cccc2cccc(N3CCc4c(nc(OCC5(CN(C)C)CC5)nc4N4CCN(C(=O)c5c[nH]c(=O)[nH]5)CC4)C3)c12. The van der Waals surface area contributed by atoms with E-state index in [-0.39, 0.29) is 22.7 Å². The van der Waals surface area contributed by atoms with Crippen LogP contribution in [-0.2, 0) is 19.4 Å². The number of rotatable bonds is 9. The van der Waals surface area contributed by atoms with Gasteiger partial charge in [-0.05, 0) is 56.8 Å². The lowest BCUT2D eigenvalue weighted by Gasteiger charge is -2.38. The van der Waals surface area contributed by atoms with E-state index in [1.165, 1.54) is 33.8 Å². The summed E-state index contributed by atoms with van der Waals surface area (Å²) in [6.07, 6.45) is 5.55. The molecule has 236 valence electrons. The smallest absolute Gasteiger partial charge is 0.323 e. The first kappa shape index (κ1) is 29.3. The molecule has 11 heteroatoms. The summed E-state index contributed by atoms with van der Waals surface area (Å²) in [4.78, 5) is 48.4. The second-order valence-electron chi connectivity index (χ2n) is 13.0. The van der Waals surface area contributed by atoms with Crippen LogP contribution in [0.1, 0.15) is 47.1 Å². The van der Waals surface area contributed by atoms with Crippen molar-refractivity contribution in [3.05, 3.63) is 75.6 Å². The van der Waals surface area contributed by atoms with Crippen molar-refractivity contribution in [1.29, 1.82) is 0 Å². The predicted molar refractivity (Wildman–Crippen MR) is 175 cm³/mol. The molecule has 2 aliphatic heterocycles. The number of nitrogens with zero attached hydrogens (tertiary/aromatic N) is 6. The summed E-state index contributed by atoms with van der Waals surface area (Å²) >= 11 is 0. The number of benzene rings is 2. The van der Waals surface area contributed by atoms with E-state index in [4.69, 9.17) is 14.7 Å².